The van der Waals surface area contributed by atoms with E-state index >= 15 is 0 Å². The molecule has 7 heteroatoms. The molecule has 0 radical (unpaired) electrons. The van der Waals surface area contributed by atoms with Crippen LogP contribution >= 0.6 is 11.6 Å². The summed E-state index contributed by atoms with van der Waals surface area (Å²) in [5.41, 5.74) is 1.01. The molecule has 30 heavy (non-hydrogen) atoms. The second kappa shape index (κ2) is 10.3. The molecule has 2 amide bonds. The smallest absolute Gasteiger partial charge is 0.317 e. The molecule has 2 unspecified atom stereocenters. The van der Waals surface area contributed by atoms with E-state index in [1.54, 1.807) is 0 Å². The maximum absolute atomic E-state index is 12.8. The fourth-order valence-electron chi connectivity index (χ4n) is 4.61. The molecular formula is C23H37ClN4O2. The summed E-state index contributed by atoms with van der Waals surface area (Å²) in [5, 5.41) is 13.8. The summed E-state index contributed by atoms with van der Waals surface area (Å²) in [6.45, 7) is 12.5. The SMILES string of the molecule is CC1CCCN(C(C)(C)CNC(=O)N2CCN(C(CO)c3ccc(Cl)cc3)CC2)C1. The Labute approximate surface area is 186 Å². The first-order valence-corrected chi connectivity index (χ1v) is 11.6. The van der Waals surface area contributed by atoms with Gasteiger partial charge in [0, 0.05) is 49.8 Å². The predicted octanol–water partition coefficient (Wildman–Crippen LogP) is 3.21. The fourth-order valence-corrected chi connectivity index (χ4v) is 4.73. The zero-order valence-electron chi connectivity index (χ0n) is 18.6. The largest absolute Gasteiger partial charge is 0.394 e. The van der Waals surface area contributed by atoms with Crippen LogP contribution in [0, 0.1) is 5.92 Å². The highest BCUT2D eigenvalue weighted by Gasteiger charge is 2.32. The molecule has 0 spiro atoms. The van der Waals surface area contributed by atoms with Crippen LogP contribution in [0.3, 0.4) is 0 Å². The Morgan fingerprint density at radius 3 is 2.47 bits per heavy atom. The van der Waals surface area contributed by atoms with Crippen LogP contribution in [0.2, 0.25) is 5.02 Å². The van der Waals surface area contributed by atoms with Crippen molar-refractivity contribution in [2.45, 2.75) is 45.2 Å². The molecule has 1 aromatic carbocycles. The molecule has 2 N–H and O–H groups in total. The first-order chi connectivity index (χ1) is 14.3. The zero-order chi connectivity index (χ0) is 21.7. The van der Waals surface area contributed by atoms with E-state index in [-0.39, 0.29) is 24.2 Å². The van der Waals surface area contributed by atoms with Gasteiger partial charge >= 0.3 is 6.03 Å². The van der Waals surface area contributed by atoms with Gasteiger partial charge in [-0.1, -0.05) is 30.7 Å². The standard InChI is InChI=1S/C23H37ClN4O2/c1-18-5-4-10-28(15-18)23(2,3)17-25-22(30)27-13-11-26(12-14-27)21(16-29)19-6-8-20(24)9-7-19/h6-9,18,21,29H,4-5,10-17H2,1-3H3,(H,25,30). The van der Waals surface area contributed by atoms with Crippen molar-refractivity contribution in [1.29, 1.82) is 0 Å². The van der Waals surface area contributed by atoms with Gasteiger partial charge in [0.25, 0.3) is 0 Å². The Balaban J connectivity index is 1.48. The maximum Gasteiger partial charge on any atom is 0.317 e. The average Bonchev–Trinajstić information content (AvgIpc) is 2.74. The van der Waals surface area contributed by atoms with E-state index in [2.05, 4.69) is 35.9 Å². The Morgan fingerprint density at radius 2 is 1.87 bits per heavy atom. The highest BCUT2D eigenvalue weighted by molar-refractivity contribution is 6.30. The minimum atomic E-state index is -0.0625. The number of rotatable bonds is 6. The second-order valence-electron chi connectivity index (χ2n) is 9.44. The van der Waals surface area contributed by atoms with Gasteiger partial charge in [-0.3, -0.25) is 9.80 Å². The molecule has 3 rings (SSSR count). The fraction of sp³-hybridized carbons (Fsp3) is 0.696. The summed E-state index contributed by atoms with van der Waals surface area (Å²) in [6, 6.07) is 7.59. The Hall–Kier alpha value is -1.34. The van der Waals surface area contributed by atoms with E-state index < -0.39 is 0 Å². The molecule has 2 saturated heterocycles. The number of piperazine rings is 1. The lowest BCUT2D eigenvalue weighted by Crippen LogP contribution is -2.58. The van der Waals surface area contributed by atoms with Crippen LogP contribution in [-0.2, 0) is 0 Å². The lowest BCUT2D eigenvalue weighted by atomic mass is 9.93. The molecule has 168 valence electrons. The maximum atomic E-state index is 12.8. The van der Waals surface area contributed by atoms with Gasteiger partial charge in [0.1, 0.15) is 0 Å². The number of amides is 2. The number of aliphatic hydroxyl groups is 1. The molecule has 2 heterocycles. The lowest BCUT2D eigenvalue weighted by Gasteiger charge is -2.43. The molecule has 2 aliphatic heterocycles. The molecule has 0 bridgehead atoms. The van der Waals surface area contributed by atoms with Gasteiger partial charge in [0.05, 0.1) is 12.6 Å². The summed E-state index contributed by atoms with van der Waals surface area (Å²) in [7, 11) is 0. The van der Waals surface area contributed by atoms with Crippen LogP contribution in [-0.4, -0.2) is 83.8 Å². The first-order valence-electron chi connectivity index (χ1n) is 11.2. The number of urea groups is 1. The monoisotopic (exact) mass is 436 g/mol. The van der Waals surface area contributed by atoms with Crippen molar-refractivity contribution in [3.8, 4) is 0 Å². The van der Waals surface area contributed by atoms with E-state index in [4.69, 9.17) is 11.6 Å². The van der Waals surface area contributed by atoms with Crippen LogP contribution in [0.15, 0.2) is 24.3 Å². The van der Waals surface area contributed by atoms with Crippen molar-refractivity contribution in [2.75, 3.05) is 52.4 Å². The predicted molar refractivity (Wildman–Crippen MR) is 122 cm³/mol. The van der Waals surface area contributed by atoms with Crippen molar-refractivity contribution in [3.63, 3.8) is 0 Å². The average molecular weight is 437 g/mol. The number of hydrogen-bond donors (Lipinski definition) is 2. The third-order valence-corrected chi connectivity index (χ3v) is 6.91. The molecule has 2 atom stereocenters. The molecule has 0 aliphatic carbocycles. The number of benzene rings is 1. The van der Waals surface area contributed by atoms with E-state index in [0.29, 0.717) is 24.7 Å². The van der Waals surface area contributed by atoms with Gasteiger partial charge < -0.3 is 15.3 Å². The number of likely N-dealkylation sites (tertiary alicyclic amines) is 1. The number of nitrogens with zero attached hydrogens (tertiary/aromatic N) is 3. The number of piperidine rings is 1. The number of hydrogen-bond acceptors (Lipinski definition) is 4. The number of halogens is 1. The number of carbonyl (C=O) groups is 1. The molecule has 0 saturated carbocycles. The quantitative estimate of drug-likeness (QED) is 0.718. The number of nitrogens with one attached hydrogen (secondary N) is 1. The van der Waals surface area contributed by atoms with Gasteiger partial charge in [0.2, 0.25) is 0 Å². The molecule has 6 nitrogen and oxygen atoms in total. The van der Waals surface area contributed by atoms with Crippen LogP contribution in [0.4, 0.5) is 4.79 Å². The molecular weight excluding hydrogens is 400 g/mol. The highest BCUT2D eigenvalue weighted by atomic mass is 35.5. The first kappa shape index (κ1) is 23.3. The van der Waals surface area contributed by atoms with Gasteiger partial charge in [-0.05, 0) is 56.8 Å². The second-order valence-corrected chi connectivity index (χ2v) is 9.87. The van der Waals surface area contributed by atoms with Crippen molar-refractivity contribution < 1.29 is 9.90 Å². The summed E-state index contributed by atoms with van der Waals surface area (Å²) in [5.74, 6) is 0.724. The van der Waals surface area contributed by atoms with Crippen LogP contribution in [0.5, 0.6) is 0 Å². The normalized spacial score (nSPS) is 22.7. The molecule has 1 aromatic rings. The van der Waals surface area contributed by atoms with Crippen LogP contribution < -0.4 is 5.32 Å². The summed E-state index contributed by atoms with van der Waals surface area (Å²) < 4.78 is 0. The molecule has 2 aliphatic rings. The summed E-state index contributed by atoms with van der Waals surface area (Å²) >= 11 is 5.99. The Bertz CT molecular complexity index is 689. The summed E-state index contributed by atoms with van der Waals surface area (Å²) in [6.07, 6.45) is 2.54. The van der Waals surface area contributed by atoms with E-state index in [0.717, 1.165) is 37.7 Å². The molecule has 0 aromatic heterocycles. The van der Waals surface area contributed by atoms with Crippen LogP contribution in [0.25, 0.3) is 0 Å². The third-order valence-electron chi connectivity index (χ3n) is 6.66. The Morgan fingerprint density at radius 1 is 1.20 bits per heavy atom. The van der Waals surface area contributed by atoms with E-state index in [1.165, 1.54) is 12.8 Å². The van der Waals surface area contributed by atoms with Crippen molar-refractivity contribution in [2.24, 2.45) is 5.92 Å². The summed E-state index contributed by atoms with van der Waals surface area (Å²) in [4.78, 5) is 19.4. The van der Waals surface area contributed by atoms with E-state index in [9.17, 15) is 9.90 Å². The van der Waals surface area contributed by atoms with Crippen LogP contribution in [0.1, 0.15) is 45.2 Å². The Kier molecular flexibility index (Phi) is 8.02. The number of carbonyl (C=O) groups excluding carboxylic acids is 1. The van der Waals surface area contributed by atoms with Crippen molar-refractivity contribution in [1.82, 2.24) is 20.0 Å². The van der Waals surface area contributed by atoms with Gasteiger partial charge in [-0.15, -0.1) is 0 Å². The zero-order valence-corrected chi connectivity index (χ0v) is 19.4. The third kappa shape index (κ3) is 5.88. The highest BCUT2D eigenvalue weighted by Crippen LogP contribution is 2.25. The minimum absolute atomic E-state index is 0.0137. The topological polar surface area (TPSA) is 59.1 Å². The minimum Gasteiger partial charge on any atom is -0.394 e. The van der Waals surface area contributed by atoms with Gasteiger partial charge in [-0.25, -0.2) is 4.79 Å². The number of aliphatic hydroxyl groups excluding tert-OH is 1. The van der Waals surface area contributed by atoms with E-state index in [1.807, 2.05) is 29.2 Å². The van der Waals surface area contributed by atoms with Crippen molar-refractivity contribution in [3.05, 3.63) is 34.9 Å². The van der Waals surface area contributed by atoms with Crippen molar-refractivity contribution >= 4 is 17.6 Å². The van der Waals surface area contributed by atoms with Gasteiger partial charge in [0.15, 0.2) is 0 Å². The van der Waals surface area contributed by atoms with Gasteiger partial charge in [-0.2, -0.15) is 0 Å². The lowest BCUT2D eigenvalue weighted by molar-refractivity contribution is 0.0637. The molecule has 2 fully saturated rings.